The first-order valence-corrected chi connectivity index (χ1v) is 15.6. The standard InChI is InChI=1S/C28H32BrNO2SSi/c1-28(2,3)34(26-14-7-5-8-15-26,27-16-9-6-10-17-27)32-21-20-25(30-33(4)31)19-18-23-12-11-13-24(29)22-23/h5-17,22,25,30H,20-21H2,1-4H3/t25-,33?/m0/s1. The van der Waals surface area contributed by atoms with Crippen LogP contribution in [0.4, 0.5) is 0 Å². The topological polar surface area (TPSA) is 44.3 Å². The SMILES string of the molecule is C[S+]([O-])N[C@@H](C#Cc1cccc(Br)c1)CCO[Si](c1ccccc1)(c1ccccc1)C(C)(C)C. The molecule has 0 heterocycles. The van der Waals surface area contributed by atoms with Crippen LogP contribution in [0.25, 0.3) is 0 Å². The number of halogens is 1. The molecule has 2 atom stereocenters. The van der Waals surface area contributed by atoms with Crippen LogP contribution in [0.15, 0.2) is 89.4 Å². The molecule has 3 rings (SSSR count). The van der Waals surface area contributed by atoms with Gasteiger partial charge in [-0.25, -0.2) is 0 Å². The zero-order valence-electron chi connectivity index (χ0n) is 20.2. The highest BCUT2D eigenvalue weighted by Gasteiger charge is 2.50. The predicted molar refractivity (Wildman–Crippen MR) is 150 cm³/mol. The Kier molecular flexibility index (Phi) is 9.61. The molecule has 0 aliphatic carbocycles. The molecule has 0 aliphatic heterocycles. The summed E-state index contributed by atoms with van der Waals surface area (Å²) in [7, 11) is -2.61. The summed E-state index contributed by atoms with van der Waals surface area (Å²) < 4.78 is 23.0. The van der Waals surface area contributed by atoms with Crippen LogP contribution >= 0.6 is 15.9 Å². The van der Waals surface area contributed by atoms with Crippen LogP contribution in [-0.2, 0) is 15.8 Å². The highest BCUT2D eigenvalue weighted by molar-refractivity contribution is 9.10. The lowest BCUT2D eigenvalue weighted by molar-refractivity contribution is 0.285. The summed E-state index contributed by atoms with van der Waals surface area (Å²) in [4.78, 5) is 0. The van der Waals surface area contributed by atoms with E-state index in [1.807, 2.05) is 36.4 Å². The van der Waals surface area contributed by atoms with Gasteiger partial charge in [-0.2, -0.15) is 0 Å². The molecule has 0 spiro atoms. The summed E-state index contributed by atoms with van der Waals surface area (Å²) in [6, 6.07) is 28.8. The van der Waals surface area contributed by atoms with Gasteiger partial charge in [0.25, 0.3) is 8.32 Å². The Balaban J connectivity index is 1.89. The van der Waals surface area contributed by atoms with Gasteiger partial charge in [-0.3, -0.25) is 0 Å². The zero-order chi connectivity index (χ0) is 24.6. The Bertz CT molecular complexity index is 1070. The second-order valence-corrected chi connectivity index (χ2v) is 15.6. The smallest absolute Gasteiger partial charge is 0.261 e. The van der Waals surface area contributed by atoms with Crippen LogP contribution in [-0.4, -0.2) is 31.8 Å². The third kappa shape index (κ3) is 6.85. The van der Waals surface area contributed by atoms with Crippen LogP contribution in [0.2, 0.25) is 5.04 Å². The first-order valence-electron chi connectivity index (χ1n) is 11.3. The van der Waals surface area contributed by atoms with Crippen molar-refractivity contribution in [2.24, 2.45) is 0 Å². The van der Waals surface area contributed by atoms with Crippen molar-refractivity contribution in [1.82, 2.24) is 4.72 Å². The predicted octanol–water partition coefficient (Wildman–Crippen LogP) is 5.02. The van der Waals surface area contributed by atoms with Gasteiger partial charge in [-0.1, -0.05) is 115 Å². The van der Waals surface area contributed by atoms with Crippen LogP contribution in [0.1, 0.15) is 32.8 Å². The van der Waals surface area contributed by atoms with Crippen LogP contribution in [0, 0.1) is 11.8 Å². The van der Waals surface area contributed by atoms with Gasteiger partial charge in [-0.15, -0.1) is 4.72 Å². The van der Waals surface area contributed by atoms with E-state index in [0.29, 0.717) is 13.0 Å². The fourth-order valence-electron chi connectivity index (χ4n) is 4.19. The number of hydrogen-bond donors (Lipinski definition) is 1. The Labute approximate surface area is 216 Å². The highest BCUT2D eigenvalue weighted by atomic mass is 79.9. The van der Waals surface area contributed by atoms with Crippen molar-refractivity contribution < 1.29 is 8.98 Å². The van der Waals surface area contributed by atoms with Crippen LogP contribution in [0.5, 0.6) is 0 Å². The van der Waals surface area contributed by atoms with Crippen molar-refractivity contribution in [1.29, 1.82) is 0 Å². The van der Waals surface area contributed by atoms with Gasteiger partial charge in [0.05, 0.1) is 0 Å². The molecule has 0 saturated heterocycles. The van der Waals surface area contributed by atoms with E-state index in [2.05, 4.69) is 102 Å². The van der Waals surface area contributed by atoms with Crippen molar-refractivity contribution in [3.8, 4) is 11.8 Å². The molecule has 0 aromatic heterocycles. The highest BCUT2D eigenvalue weighted by Crippen LogP contribution is 2.36. The van der Waals surface area contributed by atoms with Gasteiger partial charge in [0.1, 0.15) is 12.3 Å². The quantitative estimate of drug-likeness (QED) is 0.242. The normalized spacial score (nSPS) is 13.6. The minimum absolute atomic E-state index is 0.0891. The molecule has 1 unspecified atom stereocenters. The van der Waals surface area contributed by atoms with Crippen LogP contribution in [0.3, 0.4) is 0 Å². The summed E-state index contributed by atoms with van der Waals surface area (Å²) in [5, 5.41) is 2.41. The van der Waals surface area contributed by atoms with Crippen molar-refractivity contribution in [3.63, 3.8) is 0 Å². The minimum Gasteiger partial charge on any atom is -0.598 e. The van der Waals surface area contributed by atoms with Crippen molar-refractivity contribution in [3.05, 3.63) is 95.0 Å². The maximum atomic E-state index is 12.0. The Hall–Kier alpha value is -1.85. The largest absolute Gasteiger partial charge is 0.598 e. The molecule has 178 valence electrons. The molecule has 1 N–H and O–H groups in total. The summed E-state index contributed by atoms with van der Waals surface area (Å²) in [6.07, 6.45) is 2.27. The molecule has 3 aromatic rings. The van der Waals surface area contributed by atoms with Crippen molar-refractivity contribution in [2.75, 3.05) is 12.9 Å². The molecule has 0 saturated carbocycles. The fourth-order valence-corrected chi connectivity index (χ4v) is 9.75. The van der Waals surface area contributed by atoms with E-state index >= 15 is 0 Å². The molecule has 0 fully saturated rings. The zero-order valence-corrected chi connectivity index (χ0v) is 23.6. The molecule has 0 radical (unpaired) electrons. The van der Waals surface area contributed by atoms with E-state index in [9.17, 15) is 4.55 Å². The molecule has 0 aliphatic rings. The second-order valence-electron chi connectivity index (χ2n) is 9.20. The molecule has 0 amide bonds. The lowest BCUT2D eigenvalue weighted by Crippen LogP contribution is -2.66. The average Bonchev–Trinajstić information content (AvgIpc) is 2.80. The number of benzene rings is 3. The molecule has 34 heavy (non-hydrogen) atoms. The molecular formula is C28H32BrNO2SSi. The van der Waals surface area contributed by atoms with E-state index < -0.39 is 19.7 Å². The van der Waals surface area contributed by atoms with Gasteiger partial charge in [0, 0.05) is 34.4 Å². The van der Waals surface area contributed by atoms with E-state index in [4.69, 9.17) is 4.43 Å². The maximum Gasteiger partial charge on any atom is 0.261 e. The van der Waals surface area contributed by atoms with Gasteiger partial charge in [0.2, 0.25) is 0 Å². The first kappa shape index (κ1) is 26.7. The van der Waals surface area contributed by atoms with Gasteiger partial charge < -0.3 is 8.98 Å². The fraction of sp³-hybridized carbons (Fsp3) is 0.286. The Morgan fingerprint density at radius 3 is 2.06 bits per heavy atom. The van der Waals surface area contributed by atoms with Crippen molar-refractivity contribution >= 4 is 46.0 Å². The second kappa shape index (κ2) is 12.2. The van der Waals surface area contributed by atoms with E-state index in [-0.39, 0.29) is 11.1 Å². The molecule has 3 aromatic carbocycles. The number of nitrogens with one attached hydrogen (secondary N) is 1. The summed E-state index contributed by atoms with van der Waals surface area (Å²) >= 11 is 2.31. The van der Waals surface area contributed by atoms with E-state index in [1.54, 1.807) is 6.26 Å². The van der Waals surface area contributed by atoms with Gasteiger partial charge >= 0.3 is 0 Å². The van der Waals surface area contributed by atoms with Crippen molar-refractivity contribution in [2.45, 2.75) is 38.3 Å². The van der Waals surface area contributed by atoms with Gasteiger partial charge in [-0.05, 0) is 33.6 Å². The Morgan fingerprint density at radius 1 is 0.971 bits per heavy atom. The summed E-state index contributed by atoms with van der Waals surface area (Å²) in [5.74, 6) is 6.47. The maximum absolute atomic E-state index is 12.0. The monoisotopic (exact) mass is 553 g/mol. The average molecular weight is 555 g/mol. The first-order chi connectivity index (χ1) is 16.2. The molecule has 6 heteroatoms. The van der Waals surface area contributed by atoms with Gasteiger partial charge in [0.15, 0.2) is 0 Å². The summed E-state index contributed by atoms with van der Waals surface area (Å²) in [6.45, 7) is 7.31. The lowest BCUT2D eigenvalue weighted by atomic mass is 10.2. The van der Waals surface area contributed by atoms with E-state index in [0.717, 1.165) is 10.0 Å². The van der Waals surface area contributed by atoms with Crippen LogP contribution < -0.4 is 15.1 Å². The summed E-state index contributed by atoms with van der Waals surface area (Å²) in [5.41, 5.74) is 0.913. The third-order valence-electron chi connectivity index (χ3n) is 5.67. The number of rotatable bonds is 8. The Morgan fingerprint density at radius 2 is 1.56 bits per heavy atom. The van der Waals surface area contributed by atoms with E-state index in [1.165, 1.54) is 10.4 Å². The number of hydrogen-bond acceptors (Lipinski definition) is 3. The molecular weight excluding hydrogens is 522 g/mol. The molecule has 0 bridgehead atoms. The third-order valence-corrected chi connectivity index (χ3v) is 11.8. The lowest BCUT2D eigenvalue weighted by Gasteiger charge is -2.43. The minimum atomic E-state index is -2.61. The molecule has 3 nitrogen and oxygen atoms in total.